The minimum Gasteiger partial charge on any atom is -0.390 e. The number of hydrogen-bond acceptors (Lipinski definition) is 3. The molecule has 1 N–H and O–H groups in total. The van der Waals surface area contributed by atoms with E-state index in [0.29, 0.717) is 0 Å². The highest BCUT2D eigenvalue weighted by Gasteiger charge is 2.38. The van der Waals surface area contributed by atoms with Crippen LogP contribution in [0.15, 0.2) is 0 Å². The highest BCUT2D eigenvalue weighted by Crippen LogP contribution is 2.25. The van der Waals surface area contributed by atoms with E-state index in [1.54, 1.807) is 0 Å². The lowest BCUT2D eigenvalue weighted by Gasteiger charge is -2.22. The lowest BCUT2D eigenvalue weighted by atomic mass is 10.3. The van der Waals surface area contributed by atoms with E-state index in [-0.39, 0.29) is 0 Å². The quantitative estimate of drug-likeness (QED) is 0.634. The fourth-order valence-corrected chi connectivity index (χ4v) is 0.929. The summed E-state index contributed by atoms with van der Waals surface area (Å²) in [4.78, 5) is 0. The van der Waals surface area contributed by atoms with Gasteiger partial charge >= 0.3 is 0 Å². The molecule has 5 heteroatoms. The van der Waals surface area contributed by atoms with Crippen LogP contribution in [0.5, 0.6) is 0 Å². The van der Waals surface area contributed by atoms with E-state index < -0.39 is 20.1 Å². The van der Waals surface area contributed by atoms with Crippen molar-refractivity contribution in [2.45, 2.75) is 24.2 Å². The number of halogens is 1. The second-order valence-corrected chi connectivity index (χ2v) is 5.84. The molecule has 62 valence electrons. The molecule has 0 bridgehead atoms. The second-order valence-electron chi connectivity index (χ2n) is 2.43. The van der Waals surface area contributed by atoms with E-state index >= 15 is 0 Å². The Hall–Kier alpha value is 0.200. The highest BCUT2D eigenvalue weighted by molar-refractivity contribution is 7.93. The smallest absolute Gasteiger partial charge is 0.169 e. The first kappa shape index (κ1) is 10.2. The van der Waals surface area contributed by atoms with Gasteiger partial charge in [-0.25, -0.2) is 8.42 Å². The minimum atomic E-state index is -3.39. The predicted molar refractivity (Wildman–Crippen MR) is 40.8 cm³/mol. The summed E-state index contributed by atoms with van der Waals surface area (Å²) in [6.45, 7) is 2.61. The van der Waals surface area contributed by atoms with Gasteiger partial charge < -0.3 is 5.11 Å². The van der Waals surface area contributed by atoms with Crippen LogP contribution in [-0.4, -0.2) is 30.1 Å². The Bertz CT molecular complexity index is 205. The maximum absolute atomic E-state index is 10.8. The first-order valence-corrected chi connectivity index (χ1v) is 5.03. The third-order valence-corrected chi connectivity index (χ3v) is 4.42. The van der Waals surface area contributed by atoms with Crippen LogP contribution < -0.4 is 0 Å². The van der Waals surface area contributed by atoms with Crippen LogP contribution >= 0.6 is 11.6 Å². The summed E-state index contributed by atoms with van der Waals surface area (Å²) >= 11 is 5.51. The molecule has 0 saturated heterocycles. The maximum Gasteiger partial charge on any atom is 0.169 e. The topological polar surface area (TPSA) is 54.4 Å². The summed E-state index contributed by atoms with van der Waals surface area (Å²) in [7, 11) is -3.39. The first-order valence-electron chi connectivity index (χ1n) is 2.76. The zero-order valence-corrected chi connectivity index (χ0v) is 7.70. The average molecular weight is 187 g/mol. The monoisotopic (exact) mass is 186 g/mol. The molecule has 0 aliphatic carbocycles. The van der Waals surface area contributed by atoms with Crippen molar-refractivity contribution in [1.82, 2.24) is 0 Å². The van der Waals surface area contributed by atoms with Gasteiger partial charge in [-0.1, -0.05) is 11.6 Å². The van der Waals surface area contributed by atoms with Gasteiger partial charge in [-0.3, -0.25) is 0 Å². The molecular formula is C5H11ClO3S. The number of alkyl halides is 1. The number of aliphatic hydroxyl groups excluding tert-OH is 1. The predicted octanol–water partition coefficient (Wildman–Crippen LogP) is 0.367. The third-order valence-electron chi connectivity index (χ3n) is 1.47. The molecule has 0 aromatic heterocycles. The van der Waals surface area contributed by atoms with Crippen molar-refractivity contribution >= 4 is 21.4 Å². The molecule has 0 amide bonds. The molecule has 10 heavy (non-hydrogen) atoms. The lowest BCUT2D eigenvalue weighted by Crippen LogP contribution is -2.38. The number of hydrogen-bond donors (Lipinski definition) is 1. The molecule has 0 saturated carbocycles. The molecule has 3 nitrogen and oxygen atoms in total. The summed E-state index contributed by atoms with van der Waals surface area (Å²) < 4.78 is 20.0. The summed E-state index contributed by atoms with van der Waals surface area (Å²) in [5.74, 6) is 0. The van der Waals surface area contributed by atoms with Gasteiger partial charge in [0.2, 0.25) is 0 Å². The van der Waals surface area contributed by atoms with Crippen LogP contribution in [-0.2, 0) is 9.84 Å². The van der Waals surface area contributed by atoms with Crippen LogP contribution in [0, 0.1) is 0 Å². The SMILES string of the molecule is CC(O)C(C)(Cl)S(C)(=O)=O. The van der Waals surface area contributed by atoms with Crippen LogP contribution in [0.4, 0.5) is 0 Å². The van der Waals surface area contributed by atoms with Gasteiger partial charge in [-0.2, -0.15) is 0 Å². The molecule has 0 aliphatic rings. The van der Waals surface area contributed by atoms with E-state index in [9.17, 15) is 8.42 Å². The molecule has 0 aromatic rings. The van der Waals surface area contributed by atoms with Gasteiger partial charge in [-0.15, -0.1) is 0 Å². The van der Waals surface area contributed by atoms with Crippen LogP contribution in [0.1, 0.15) is 13.8 Å². The molecular weight excluding hydrogens is 176 g/mol. The molecule has 0 radical (unpaired) electrons. The molecule has 2 atom stereocenters. The fourth-order valence-electron chi connectivity index (χ4n) is 0.310. The molecule has 0 heterocycles. The average Bonchev–Trinajstić information content (AvgIpc) is 1.62. The summed E-state index contributed by atoms with van der Waals surface area (Å²) in [6, 6.07) is 0. The Morgan fingerprint density at radius 2 is 1.90 bits per heavy atom. The Kier molecular flexibility index (Phi) is 2.73. The van der Waals surface area contributed by atoms with Crippen molar-refractivity contribution in [2.75, 3.05) is 6.26 Å². The van der Waals surface area contributed by atoms with E-state index in [1.807, 2.05) is 0 Å². The van der Waals surface area contributed by atoms with E-state index in [2.05, 4.69) is 0 Å². The Balaban J connectivity index is 4.76. The largest absolute Gasteiger partial charge is 0.390 e. The van der Waals surface area contributed by atoms with Crippen molar-refractivity contribution in [3.8, 4) is 0 Å². The minimum absolute atomic E-state index is 0.993. The normalized spacial score (nSPS) is 21.7. The molecule has 2 unspecified atom stereocenters. The zero-order valence-electron chi connectivity index (χ0n) is 6.13. The Morgan fingerprint density at radius 1 is 1.60 bits per heavy atom. The van der Waals surface area contributed by atoms with Gasteiger partial charge in [0.25, 0.3) is 0 Å². The van der Waals surface area contributed by atoms with E-state index in [4.69, 9.17) is 16.7 Å². The van der Waals surface area contributed by atoms with Crippen LogP contribution in [0.25, 0.3) is 0 Å². The van der Waals surface area contributed by atoms with Gasteiger partial charge in [0.15, 0.2) is 14.0 Å². The van der Waals surface area contributed by atoms with Crippen LogP contribution in [0.2, 0.25) is 0 Å². The molecule has 0 fully saturated rings. The molecule has 0 rings (SSSR count). The maximum atomic E-state index is 10.8. The van der Waals surface area contributed by atoms with Crippen molar-refractivity contribution in [3.05, 3.63) is 0 Å². The number of aliphatic hydroxyl groups is 1. The van der Waals surface area contributed by atoms with Gasteiger partial charge in [-0.05, 0) is 13.8 Å². The zero-order chi connectivity index (χ0) is 8.58. The summed E-state index contributed by atoms with van der Waals surface area (Å²) in [5.41, 5.74) is 0. The lowest BCUT2D eigenvalue weighted by molar-refractivity contribution is 0.180. The first-order chi connectivity index (χ1) is 4.19. The Labute approximate surface area is 65.9 Å². The summed E-state index contributed by atoms with van der Waals surface area (Å²) in [6.07, 6.45) is -0.0728. The molecule has 0 spiro atoms. The standard InChI is InChI=1S/C5H11ClO3S/c1-4(7)5(2,6)10(3,8)9/h4,7H,1-3H3. The fraction of sp³-hybridized carbons (Fsp3) is 1.00. The highest BCUT2D eigenvalue weighted by atomic mass is 35.5. The van der Waals surface area contributed by atoms with Gasteiger partial charge in [0.1, 0.15) is 0 Å². The van der Waals surface area contributed by atoms with E-state index in [1.165, 1.54) is 13.8 Å². The van der Waals surface area contributed by atoms with Crippen molar-refractivity contribution < 1.29 is 13.5 Å². The van der Waals surface area contributed by atoms with E-state index in [0.717, 1.165) is 6.26 Å². The molecule has 0 aromatic carbocycles. The third kappa shape index (κ3) is 1.84. The van der Waals surface area contributed by atoms with Crippen molar-refractivity contribution in [1.29, 1.82) is 0 Å². The number of rotatable bonds is 2. The second kappa shape index (κ2) is 2.68. The number of sulfone groups is 1. The molecule has 0 aliphatic heterocycles. The summed E-state index contributed by atoms with van der Waals surface area (Å²) in [5, 5.41) is 8.90. The Morgan fingerprint density at radius 3 is 1.90 bits per heavy atom. The van der Waals surface area contributed by atoms with Gasteiger partial charge in [0.05, 0.1) is 6.10 Å². The van der Waals surface area contributed by atoms with Crippen molar-refractivity contribution in [3.63, 3.8) is 0 Å². The van der Waals surface area contributed by atoms with Crippen molar-refractivity contribution in [2.24, 2.45) is 0 Å². The van der Waals surface area contributed by atoms with Gasteiger partial charge in [0, 0.05) is 6.26 Å². The van der Waals surface area contributed by atoms with Crippen LogP contribution in [0.3, 0.4) is 0 Å².